The average molecular weight is 363 g/mol. The highest BCUT2D eigenvalue weighted by Crippen LogP contribution is 2.13. The lowest BCUT2D eigenvalue weighted by Gasteiger charge is -2.11. The maximum atomic E-state index is 11.9. The second-order valence-corrected chi connectivity index (χ2v) is 9.11. The molecule has 0 atom stereocenters. The van der Waals surface area contributed by atoms with Gasteiger partial charge in [0.2, 0.25) is 20.0 Å². The van der Waals surface area contributed by atoms with Gasteiger partial charge >= 0.3 is 0 Å². The molecule has 0 bridgehead atoms. The number of nitrogens with one attached hydrogen (secondary N) is 2. The van der Waals surface area contributed by atoms with E-state index < -0.39 is 26.0 Å². The zero-order valence-corrected chi connectivity index (χ0v) is 14.9. The molecule has 0 aliphatic heterocycles. The molecule has 0 saturated heterocycles. The van der Waals surface area contributed by atoms with Crippen LogP contribution in [0.4, 0.5) is 0 Å². The van der Waals surface area contributed by atoms with Crippen LogP contribution in [0.3, 0.4) is 0 Å². The van der Waals surface area contributed by atoms with Crippen molar-refractivity contribution in [2.75, 3.05) is 32.9 Å². The van der Waals surface area contributed by atoms with Crippen LogP contribution in [-0.4, -0.2) is 60.0 Å². The highest BCUT2D eigenvalue weighted by Gasteiger charge is 2.17. The first kappa shape index (κ1) is 19.6. The molecule has 0 spiro atoms. The number of carbonyl (C=O) groups excluding carboxylic acids is 1. The van der Waals surface area contributed by atoms with Crippen molar-refractivity contribution >= 4 is 26.0 Å². The third-order valence-electron chi connectivity index (χ3n) is 3.01. The Hall–Kier alpha value is -1.49. The van der Waals surface area contributed by atoms with E-state index in [1.54, 1.807) is 0 Å². The average Bonchev–Trinajstić information content (AvgIpc) is 2.51. The van der Waals surface area contributed by atoms with E-state index in [0.29, 0.717) is 5.56 Å². The van der Waals surface area contributed by atoms with E-state index in [0.717, 1.165) is 4.31 Å². The van der Waals surface area contributed by atoms with Gasteiger partial charge in [-0.25, -0.2) is 25.9 Å². The minimum Gasteiger partial charge on any atom is -0.351 e. The van der Waals surface area contributed by atoms with Crippen LogP contribution in [0.5, 0.6) is 0 Å². The molecule has 0 saturated carbocycles. The Bertz CT molecular complexity index is 740. The van der Waals surface area contributed by atoms with E-state index in [4.69, 9.17) is 0 Å². The van der Waals surface area contributed by atoms with Gasteiger partial charge < -0.3 is 5.32 Å². The SMILES string of the molecule is CCS(=O)(=O)NCCNC(=O)c1ccc(S(=O)(=O)N(C)C)cc1. The number of hydrogen-bond donors (Lipinski definition) is 2. The van der Waals surface area contributed by atoms with Crippen LogP contribution in [0.1, 0.15) is 17.3 Å². The lowest BCUT2D eigenvalue weighted by Crippen LogP contribution is -2.35. The van der Waals surface area contributed by atoms with Gasteiger partial charge in [-0.05, 0) is 31.2 Å². The van der Waals surface area contributed by atoms with Crippen LogP contribution in [-0.2, 0) is 20.0 Å². The van der Waals surface area contributed by atoms with Crippen LogP contribution in [0.15, 0.2) is 29.2 Å². The van der Waals surface area contributed by atoms with Crippen molar-refractivity contribution in [2.45, 2.75) is 11.8 Å². The third kappa shape index (κ3) is 5.57. The summed E-state index contributed by atoms with van der Waals surface area (Å²) in [7, 11) is -3.97. The fourth-order valence-corrected chi connectivity index (χ4v) is 3.09. The molecule has 0 radical (unpaired) electrons. The van der Waals surface area contributed by atoms with Gasteiger partial charge in [-0.3, -0.25) is 4.79 Å². The number of rotatable bonds is 8. The summed E-state index contributed by atoms with van der Waals surface area (Å²) in [6, 6.07) is 5.51. The summed E-state index contributed by atoms with van der Waals surface area (Å²) in [5.41, 5.74) is 0.293. The molecule has 23 heavy (non-hydrogen) atoms. The fourth-order valence-electron chi connectivity index (χ4n) is 1.58. The summed E-state index contributed by atoms with van der Waals surface area (Å²) in [6.07, 6.45) is 0. The van der Waals surface area contributed by atoms with E-state index in [-0.39, 0.29) is 23.7 Å². The molecule has 1 aromatic rings. The highest BCUT2D eigenvalue weighted by molar-refractivity contribution is 7.89. The quantitative estimate of drug-likeness (QED) is 0.611. The molecule has 1 rings (SSSR count). The molecule has 0 aliphatic rings. The molecule has 10 heteroatoms. The topological polar surface area (TPSA) is 113 Å². The molecule has 1 amide bonds. The van der Waals surface area contributed by atoms with Gasteiger partial charge in [0, 0.05) is 32.7 Å². The number of hydrogen-bond acceptors (Lipinski definition) is 5. The monoisotopic (exact) mass is 363 g/mol. The number of sulfonamides is 2. The van der Waals surface area contributed by atoms with Crippen LogP contribution < -0.4 is 10.0 Å². The predicted octanol–water partition coefficient (Wildman–Crippen LogP) is -0.394. The Balaban J connectivity index is 2.62. The van der Waals surface area contributed by atoms with Gasteiger partial charge in [-0.15, -0.1) is 0 Å². The van der Waals surface area contributed by atoms with Crippen LogP contribution in [0, 0.1) is 0 Å². The normalized spacial score (nSPS) is 12.3. The Morgan fingerprint density at radius 3 is 2.09 bits per heavy atom. The minimum atomic E-state index is -3.53. The molecule has 1 aromatic carbocycles. The number of nitrogens with zero attached hydrogens (tertiary/aromatic N) is 1. The number of benzene rings is 1. The van der Waals surface area contributed by atoms with Crippen LogP contribution in [0.25, 0.3) is 0 Å². The summed E-state index contributed by atoms with van der Waals surface area (Å²) in [5, 5.41) is 2.55. The Labute approximate surface area is 137 Å². The van der Waals surface area contributed by atoms with E-state index in [2.05, 4.69) is 10.0 Å². The van der Waals surface area contributed by atoms with Gasteiger partial charge in [-0.1, -0.05) is 0 Å². The van der Waals surface area contributed by atoms with Gasteiger partial charge in [0.05, 0.1) is 10.6 Å². The predicted molar refractivity (Wildman–Crippen MR) is 87.1 cm³/mol. The second-order valence-electron chi connectivity index (χ2n) is 4.87. The fraction of sp³-hybridized carbons (Fsp3) is 0.462. The maximum Gasteiger partial charge on any atom is 0.251 e. The van der Waals surface area contributed by atoms with Crippen molar-refractivity contribution in [1.82, 2.24) is 14.3 Å². The highest BCUT2D eigenvalue weighted by atomic mass is 32.2. The first-order chi connectivity index (χ1) is 10.6. The molecule has 0 unspecified atom stereocenters. The summed E-state index contributed by atoms with van der Waals surface area (Å²) < 4.78 is 49.7. The van der Waals surface area contributed by atoms with Gasteiger partial charge in [0.15, 0.2) is 0 Å². The van der Waals surface area contributed by atoms with Crippen molar-refractivity contribution < 1.29 is 21.6 Å². The van der Waals surface area contributed by atoms with Crippen molar-refractivity contribution in [3.63, 3.8) is 0 Å². The smallest absolute Gasteiger partial charge is 0.251 e. The van der Waals surface area contributed by atoms with E-state index in [1.807, 2.05) is 0 Å². The van der Waals surface area contributed by atoms with Crippen molar-refractivity contribution in [3.05, 3.63) is 29.8 Å². The molecule has 0 fully saturated rings. The Kier molecular flexibility index (Phi) is 6.69. The molecule has 0 aromatic heterocycles. The van der Waals surface area contributed by atoms with Crippen LogP contribution >= 0.6 is 0 Å². The maximum absolute atomic E-state index is 11.9. The summed E-state index contributed by atoms with van der Waals surface area (Å²) in [4.78, 5) is 12.0. The third-order valence-corrected chi connectivity index (χ3v) is 6.24. The summed E-state index contributed by atoms with van der Waals surface area (Å²) >= 11 is 0. The molecule has 0 heterocycles. The lowest BCUT2D eigenvalue weighted by molar-refractivity contribution is 0.0954. The van der Waals surface area contributed by atoms with E-state index in [9.17, 15) is 21.6 Å². The van der Waals surface area contributed by atoms with Crippen LogP contribution in [0.2, 0.25) is 0 Å². The first-order valence-corrected chi connectivity index (χ1v) is 9.97. The minimum absolute atomic E-state index is 0.0250. The molecule has 0 aliphatic carbocycles. The zero-order valence-electron chi connectivity index (χ0n) is 13.2. The van der Waals surface area contributed by atoms with E-state index >= 15 is 0 Å². The molecular formula is C13H21N3O5S2. The summed E-state index contributed by atoms with van der Waals surface area (Å²) in [6.45, 7) is 1.75. The largest absolute Gasteiger partial charge is 0.351 e. The second kappa shape index (κ2) is 7.86. The molecule has 130 valence electrons. The molecule has 2 N–H and O–H groups in total. The molecule has 8 nitrogen and oxygen atoms in total. The van der Waals surface area contributed by atoms with E-state index in [1.165, 1.54) is 45.3 Å². The Morgan fingerprint density at radius 1 is 1.04 bits per heavy atom. The van der Waals surface area contributed by atoms with Crippen molar-refractivity contribution in [1.29, 1.82) is 0 Å². The van der Waals surface area contributed by atoms with Crippen molar-refractivity contribution in [2.24, 2.45) is 0 Å². The Morgan fingerprint density at radius 2 is 1.61 bits per heavy atom. The number of carbonyl (C=O) groups is 1. The van der Waals surface area contributed by atoms with Crippen molar-refractivity contribution in [3.8, 4) is 0 Å². The number of amides is 1. The lowest BCUT2D eigenvalue weighted by atomic mass is 10.2. The zero-order chi connectivity index (χ0) is 17.7. The van der Waals surface area contributed by atoms with Gasteiger partial charge in [0.1, 0.15) is 0 Å². The standard InChI is InChI=1S/C13H21N3O5S2/c1-4-22(18,19)15-10-9-14-13(17)11-5-7-12(8-6-11)23(20,21)16(2)3/h5-8,15H,4,9-10H2,1-3H3,(H,14,17). The van der Waals surface area contributed by atoms with Gasteiger partial charge in [-0.2, -0.15) is 0 Å². The van der Waals surface area contributed by atoms with Gasteiger partial charge in [0.25, 0.3) is 5.91 Å². The summed E-state index contributed by atoms with van der Waals surface area (Å²) in [5.74, 6) is -0.433. The molecular weight excluding hydrogens is 342 g/mol. The first-order valence-electron chi connectivity index (χ1n) is 6.88.